The van der Waals surface area contributed by atoms with Crippen molar-refractivity contribution in [2.75, 3.05) is 11.4 Å². The zero-order valence-electron chi connectivity index (χ0n) is 14.7. The van der Waals surface area contributed by atoms with Crippen LogP contribution in [0.1, 0.15) is 66.4 Å². The highest BCUT2D eigenvalue weighted by molar-refractivity contribution is 5.53. The second kappa shape index (κ2) is 8.38. The highest BCUT2D eigenvalue weighted by Gasteiger charge is 2.16. The molecular weight excluding hydrogens is 258 g/mol. The molecule has 3 nitrogen and oxygen atoms in total. The minimum absolute atomic E-state index is 0.123. The topological polar surface area (TPSA) is 28.2 Å². The first kappa shape index (κ1) is 18.0. The molecule has 0 spiro atoms. The van der Waals surface area contributed by atoms with Gasteiger partial charge in [0.1, 0.15) is 0 Å². The Morgan fingerprint density at radius 3 is 2.52 bits per heavy atom. The maximum atomic E-state index is 4.32. The molecule has 0 aromatic carbocycles. The van der Waals surface area contributed by atoms with Crippen LogP contribution >= 0.6 is 0 Å². The standard InChI is InChI=1S/C18H33N3/c1-7-8-9-12-21(15(2)3)17-10-11-19-13-16(17)14-20-18(4,5)6/h10-11,13,15,20H,7-9,12,14H2,1-6H3. The van der Waals surface area contributed by atoms with Gasteiger partial charge in [0.25, 0.3) is 0 Å². The summed E-state index contributed by atoms with van der Waals surface area (Å²) in [5.74, 6) is 0. The highest BCUT2D eigenvalue weighted by Crippen LogP contribution is 2.23. The summed E-state index contributed by atoms with van der Waals surface area (Å²) in [4.78, 5) is 6.83. The smallest absolute Gasteiger partial charge is 0.0445 e. The fraction of sp³-hybridized carbons (Fsp3) is 0.722. The van der Waals surface area contributed by atoms with Gasteiger partial charge in [-0.1, -0.05) is 19.8 Å². The van der Waals surface area contributed by atoms with E-state index < -0.39 is 0 Å². The molecule has 1 aromatic rings. The van der Waals surface area contributed by atoms with Crippen LogP contribution in [0.5, 0.6) is 0 Å². The summed E-state index contributed by atoms with van der Waals surface area (Å²) >= 11 is 0. The molecular formula is C18H33N3. The first-order chi connectivity index (χ1) is 9.85. The third-order valence-corrected chi connectivity index (χ3v) is 3.62. The second-order valence-corrected chi connectivity index (χ2v) is 7.10. The highest BCUT2D eigenvalue weighted by atomic mass is 15.2. The molecule has 1 N–H and O–H groups in total. The van der Waals surface area contributed by atoms with Gasteiger partial charge in [-0.15, -0.1) is 0 Å². The van der Waals surface area contributed by atoms with Crippen LogP contribution in [-0.2, 0) is 6.54 Å². The van der Waals surface area contributed by atoms with Gasteiger partial charge in [0.2, 0.25) is 0 Å². The Balaban J connectivity index is 2.86. The molecule has 1 rings (SSSR count). The number of nitrogens with one attached hydrogen (secondary N) is 1. The van der Waals surface area contributed by atoms with Gasteiger partial charge in [0.05, 0.1) is 0 Å². The van der Waals surface area contributed by atoms with Gasteiger partial charge >= 0.3 is 0 Å². The summed E-state index contributed by atoms with van der Waals surface area (Å²) in [6.45, 7) is 15.4. The first-order valence-corrected chi connectivity index (χ1v) is 8.29. The molecule has 120 valence electrons. The molecule has 0 saturated heterocycles. The third-order valence-electron chi connectivity index (χ3n) is 3.62. The normalized spacial score (nSPS) is 12.0. The van der Waals surface area contributed by atoms with E-state index in [4.69, 9.17) is 0 Å². The number of anilines is 1. The number of aromatic nitrogens is 1. The summed E-state index contributed by atoms with van der Waals surface area (Å²) in [7, 11) is 0. The number of rotatable bonds is 8. The zero-order valence-corrected chi connectivity index (χ0v) is 14.7. The molecule has 0 radical (unpaired) electrons. The van der Waals surface area contributed by atoms with E-state index in [9.17, 15) is 0 Å². The van der Waals surface area contributed by atoms with Gasteiger partial charge < -0.3 is 10.2 Å². The average Bonchev–Trinajstić information content (AvgIpc) is 2.41. The Labute approximate surface area is 131 Å². The lowest BCUT2D eigenvalue weighted by atomic mass is 10.1. The summed E-state index contributed by atoms with van der Waals surface area (Å²) in [5, 5.41) is 3.57. The van der Waals surface area contributed by atoms with Crippen molar-refractivity contribution in [3.63, 3.8) is 0 Å². The van der Waals surface area contributed by atoms with Crippen LogP contribution in [0.15, 0.2) is 18.5 Å². The number of hydrogen-bond acceptors (Lipinski definition) is 3. The molecule has 3 heteroatoms. The Bertz CT molecular complexity index is 407. The number of hydrogen-bond donors (Lipinski definition) is 1. The van der Waals surface area contributed by atoms with Crippen LogP contribution in [0.4, 0.5) is 5.69 Å². The van der Waals surface area contributed by atoms with Crippen LogP contribution in [0.3, 0.4) is 0 Å². The first-order valence-electron chi connectivity index (χ1n) is 8.29. The van der Waals surface area contributed by atoms with Gasteiger partial charge in [0, 0.05) is 48.3 Å². The third kappa shape index (κ3) is 6.47. The van der Waals surface area contributed by atoms with Crippen molar-refractivity contribution in [3.8, 4) is 0 Å². The molecule has 0 aliphatic heterocycles. The maximum Gasteiger partial charge on any atom is 0.0445 e. The van der Waals surface area contributed by atoms with E-state index in [2.05, 4.69) is 62.8 Å². The largest absolute Gasteiger partial charge is 0.369 e. The van der Waals surface area contributed by atoms with E-state index in [1.807, 2.05) is 12.4 Å². The minimum atomic E-state index is 0.123. The Morgan fingerprint density at radius 2 is 1.95 bits per heavy atom. The molecule has 1 heterocycles. The molecule has 21 heavy (non-hydrogen) atoms. The fourth-order valence-electron chi connectivity index (χ4n) is 2.39. The average molecular weight is 291 g/mol. The van der Waals surface area contributed by atoms with Crippen molar-refractivity contribution in [2.45, 2.75) is 78.9 Å². The number of pyridine rings is 1. The fourth-order valence-corrected chi connectivity index (χ4v) is 2.39. The quantitative estimate of drug-likeness (QED) is 0.721. The molecule has 0 aliphatic rings. The lowest BCUT2D eigenvalue weighted by molar-refractivity contribution is 0.423. The van der Waals surface area contributed by atoms with Crippen LogP contribution in [0.2, 0.25) is 0 Å². The maximum absolute atomic E-state index is 4.32. The van der Waals surface area contributed by atoms with Crippen LogP contribution in [-0.4, -0.2) is 23.1 Å². The molecule has 0 unspecified atom stereocenters. The van der Waals surface area contributed by atoms with Gasteiger partial charge in [-0.25, -0.2) is 0 Å². The summed E-state index contributed by atoms with van der Waals surface area (Å²) in [6.07, 6.45) is 7.72. The second-order valence-electron chi connectivity index (χ2n) is 7.10. The zero-order chi connectivity index (χ0) is 15.9. The van der Waals surface area contributed by atoms with Crippen molar-refractivity contribution >= 4 is 5.69 Å². The molecule has 0 bridgehead atoms. The van der Waals surface area contributed by atoms with Crippen LogP contribution in [0.25, 0.3) is 0 Å². The van der Waals surface area contributed by atoms with E-state index >= 15 is 0 Å². The van der Waals surface area contributed by atoms with E-state index in [-0.39, 0.29) is 5.54 Å². The molecule has 0 amide bonds. The molecule has 0 saturated carbocycles. The van der Waals surface area contributed by atoms with E-state index in [1.165, 1.54) is 30.5 Å². The Hall–Kier alpha value is -1.09. The van der Waals surface area contributed by atoms with Crippen molar-refractivity contribution in [1.82, 2.24) is 10.3 Å². The molecule has 0 aliphatic carbocycles. The SMILES string of the molecule is CCCCCN(c1ccncc1CNC(C)(C)C)C(C)C. The summed E-state index contributed by atoms with van der Waals surface area (Å²) < 4.78 is 0. The van der Waals surface area contributed by atoms with Gasteiger partial charge in [-0.2, -0.15) is 0 Å². The minimum Gasteiger partial charge on any atom is -0.369 e. The Kier molecular flexibility index (Phi) is 7.16. The van der Waals surface area contributed by atoms with E-state index in [0.29, 0.717) is 6.04 Å². The van der Waals surface area contributed by atoms with Crippen LogP contribution < -0.4 is 10.2 Å². The lowest BCUT2D eigenvalue weighted by Crippen LogP contribution is -2.37. The van der Waals surface area contributed by atoms with Crippen molar-refractivity contribution in [3.05, 3.63) is 24.0 Å². The van der Waals surface area contributed by atoms with Crippen molar-refractivity contribution in [2.24, 2.45) is 0 Å². The monoisotopic (exact) mass is 291 g/mol. The van der Waals surface area contributed by atoms with Crippen molar-refractivity contribution in [1.29, 1.82) is 0 Å². The molecule has 1 aromatic heterocycles. The molecule has 0 atom stereocenters. The molecule has 0 fully saturated rings. The van der Waals surface area contributed by atoms with Gasteiger partial charge in [0.15, 0.2) is 0 Å². The number of unbranched alkanes of at least 4 members (excludes halogenated alkanes) is 2. The predicted octanol–water partition coefficient (Wildman–Crippen LogP) is 4.37. The van der Waals surface area contributed by atoms with E-state index in [0.717, 1.165) is 13.1 Å². The number of nitrogens with zero attached hydrogens (tertiary/aromatic N) is 2. The Morgan fingerprint density at radius 1 is 1.24 bits per heavy atom. The van der Waals surface area contributed by atoms with Gasteiger partial charge in [-0.3, -0.25) is 4.98 Å². The van der Waals surface area contributed by atoms with Gasteiger partial charge in [-0.05, 0) is 47.1 Å². The lowest BCUT2D eigenvalue weighted by Gasteiger charge is -2.31. The van der Waals surface area contributed by atoms with Crippen molar-refractivity contribution < 1.29 is 0 Å². The summed E-state index contributed by atoms with van der Waals surface area (Å²) in [5.41, 5.74) is 2.74. The van der Waals surface area contributed by atoms with Crippen LogP contribution in [0, 0.1) is 0 Å². The predicted molar refractivity (Wildman–Crippen MR) is 92.8 cm³/mol. The van der Waals surface area contributed by atoms with E-state index in [1.54, 1.807) is 0 Å². The summed E-state index contributed by atoms with van der Waals surface area (Å²) in [6, 6.07) is 2.67.